The molecule has 3 rings (SSSR count). The van der Waals surface area contributed by atoms with Crippen LogP contribution >= 0.6 is 0 Å². The molecule has 1 aromatic rings. The number of benzene rings is 1. The molecule has 98 valence electrons. The van der Waals surface area contributed by atoms with E-state index in [-0.39, 0.29) is 5.41 Å². The summed E-state index contributed by atoms with van der Waals surface area (Å²) in [6.45, 7) is 0. The summed E-state index contributed by atoms with van der Waals surface area (Å²) in [4.78, 5) is 10.6. The molecule has 1 fully saturated rings. The Balaban J connectivity index is 1.95. The molecule has 1 aromatic carbocycles. The minimum Gasteiger partial charge on any atom is -0.303 e. The van der Waals surface area contributed by atoms with E-state index < -0.39 is 0 Å². The second-order valence-electron chi connectivity index (χ2n) is 5.71. The fourth-order valence-corrected chi connectivity index (χ4v) is 3.58. The number of rotatable bonds is 4. The van der Waals surface area contributed by atoms with Gasteiger partial charge in [0.15, 0.2) is 0 Å². The second kappa shape index (κ2) is 5.16. The van der Waals surface area contributed by atoms with Gasteiger partial charge in [-0.2, -0.15) is 0 Å². The lowest BCUT2D eigenvalue weighted by Crippen LogP contribution is -2.12. The van der Waals surface area contributed by atoms with E-state index in [9.17, 15) is 4.79 Å². The first kappa shape index (κ1) is 12.4. The molecule has 0 bridgehead atoms. The average Bonchev–Trinajstić information content (AvgIpc) is 3.06. The Labute approximate surface area is 115 Å². The van der Waals surface area contributed by atoms with Crippen molar-refractivity contribution < 1.29 is 4.79 Å². The summed E-state index contributed by atoms with van der Waals surface area (Å²) in [6, 6.07) is 10.7. The molecular weight excluding hydrogens is 232 g/mol. The van der Waals surface area contributed by atoms with E-state index in [1.807, 2.05) is 0 Å². The van der Waals surface area contributed by atoms with E-state index in [0.717, 1.165) is 12.7 Å². The van der Waals surface area contributed by atoms with Crippen molar-refractivity contribution in [1.82, 2.24) is 0 Å². The number of carbonyl (C=O) groups is 1. The smallest absolute Gasteiger partial charge is 0.120 e. The second-order valence-corrected chi connectivity index (χ2v) is 5.71. The molecule has 1 nitrogen and oxygen atoms in total. The molecule has 0 radical (unpaired) electrons. The van der Waals surface area contributed by atoms with Gasteiger partial charge in [-0.1, -0.05) is 60.9 Å². The highest BCUT2D eigenvalue weighted by molar-refractivity contribution is 5.78. The third kappa shape index (κ3) is 2.30. The molecule has 0 aromatic heterocycles. The molecule has 0 aliphatic heterocycles. The van der Waals surface area contributed by atoms with Gasteiger partial charge in [0.25, 0.3) is 0 Å². The molecule has 1 heteroatoms. The molecule has 0 saturated heterocycles. The van der Waals surface area contributed by atoms with Crippen LogP contribution < -0.4 is 0 Å². The lowest BCUT2D eigenvalue weighted by molar-refractivity contribution is -0.107. The Hall–Kier alpha value is -1.63. The van der Waals surface area contributed by atoms with Gasteiger partial charge in [0.1, 0.15) is 6.29 Å². The number of aldehydes is 1. The Kier molecular flexibility index (Phi) is 3.37. The van der Waals surface area contributed by atoms with Gasteiger partial charge in [0.2, 0.25) is 0 Å². The summed E-state index contributed by atoms with van der Waals surface area (Å²) < 4.78 is 0. The molecule has 1 saturated carbocycles. The first-order chi connectivity index (χ1) is 9.34. The Bertz CT molecular complexity index is 516. The predicted octanol–water partition coefficient (Wildman–Crippen LogP) is 4.55. The average molecular weight is 252 g/mol. The predicted molar refractivity (Wildman–Crippen MR) is 78.7 cm³/mol. The van der Waals surface area contributed by atoms with Gasteiger partial charge in [0, 0.05) is 11.8 Å². The number of carbonyl (C=O) groups excluding carboxylic acids is 1. The topological polar surface area (TPSA) is 17.1 Å². The van der Waals surface area contributed by atoms with E-state index in [1.54, 1.807) is 0 Å². The normalized spacial score (nSPS) is 20.4. The van der Waals surface area contributed by atoms with Crippen LogP contribution in [0, 0.1) is 5.41 Å². The van der Waals surface area contributed by atoms with Crippen LogP contribution in [0.25, 0.3) is 5.57 Å². The summed E-state index contributed by atoms with van der Waals surface area (Å²) in [5, 5.41) is 0. The Morgan fingerprint density at radius 2 is 1.84 bits per heavy atom. The first-order valence-corrected chi connectivity index (χ1v) is 7.27. The molecule has 0 atom stereocenters. The van der Waals surface area contributed by atoms with E-state index in [2.05, 4.69) is 42.5 Å². The largest absolute Gasteiger partial charge is 0.303 e. The summed E-state index contributed by atoms with van der Waals surface area (Å²) in [5.74, 6) is 0. The highest BCUT2D eigenvalue weighted by Crippen LogP contribution is 2.53. The molecule has 1 spiro atoms. The van der Waals surface area contributed by atoms with Crippen LogP contribution in [-0.4, -0.2) is 6.29 Å². The molecule has 0 N–H and O–H groups in total. The van der Waals surface area contributed by atoms with Crippen LogP contribution in [0.4, 0.5) is 0 Å². The van der Waals surface area contributed by atoms with E-state index in [0.29, 0.717) is 6.42 Å². The standard InChI is InChI=1S/C18H20O/c19-12-6-7-15-13-17(16-8-2-1-3-9-16)18(14-15)10-4-5-11-18/h1-3,8-9,12-14H,4-7,10-11H2. The number of allylic oxidation sites excluding steroid dienone is 4. The Morgan fingerprint density at radius 1 is 1.11 bits per heavy atom. The molecular formula is C18H20O. The highest BCUT2D eigenvalue weighted by Gasteiger charge is 2.39. The van der Waals surface area contributed by atoms with Gasteiger partial charge in [-0.05, 0) is 30.4 Å². The van der Waals surface area contributed by atoms with Crippen LogP contribution in [0.15, 0.2) is 48.1 Å². The fraction of sp³-hybridized carbons (Fsp3) is 0.389. The van der Waals surface area contributed by atoms with Crippen molar-refractivity contribution in [1.29, 1.82) is 0 Å². The Morgan fingerprint density at radius 3 is 2.53 bits per heavy atom. The van der Waals surface area contributed by atoms with Crippen molar-refractivity contribution in [3.63, 3.8) is 0 Å². The zero-order valence-corrected chi connectivity index (χ0v) is 11.3. The van der Waals surface area contributed by atoms with Crippen LogP contribution in [-0.2, 0) is 4.79 Å². The number of hydrogen-bond acceptors (Lipinski definition) is 1. The van der Waals surface area contributed by atoms with Gasteiger partial charge in [-0.3, -0.25) is 0 Å². The lowest BCUT2D eigenvalue weighted by atomic mass is 9.78. The lowest BCUT2D eigenvalue weighted by Gasteiger charge is -2.25. The maximum absolute atomic E-state index is 10.6. The van der Waals surface area contributed by atoms with Crippen molar-refractivity contribution in [2.75, 3.05) is 0 Å². The van der Waals surface area contributed by atoms with Crippen molar-refractivity contribution in [3.8, 4) is 0 Å². The maximum atomic E-state index is 10.6. The summed E-state index contributed by atoms with van der Waals surface area (Å²) >= 11 is 0. The highest BCUT2D eigenvalue weighted by atomic mass is 16.1. The molecule has 2 aliphatic carbocycles. The van der Waals surface area contributed by atoms with Gasteiger partial charge < -0.3 is 4.79 Å². The van der Waals surface area contributed by atoms with E-state index in [4.69, 9.17) is 0 Å². The SMILES string of the molecule is O=CCCC1=CC2(CCCC2)C(c2ccccc2)=C1. The third-order valence-electron chi connectivity index (χ3n) is 4.46. The molecule has 0 amide bonds. The first-order valence-electron chi connectivity index (χ1n) is 7.27. The third-order valence-corrected chi connectivity index (χ3v) is 4.46. The van der Waals surface area contributed by atoms with E-state index in [1.165, 1.54) is 42.4 Å². The minimum atomic E-state index is 0.263. The fourth-order valence-electron chi connectivity index (χ4n) is 3.58. The zero-order valence-electron chi connectivity index (χ0n) is 11.3. The van der Waals surface area contributed by atoms with Crippen molar-refractivity contribution in [2.24, 2.45) is 5.41 Å². The summed E-state index contributed by atoms with van der Waals surface area (Å²) in [7, 11) is 0. The summed E-state index contributed by atoms with van der Waals surface area (Å²) in [6.07, 6.45) is 12.5. The van der Waals surface area contributed by atoms with Gasteiger partial charge >= 0.3 is 0 Å². The van der Waals surface area contributed by atoms with Gasteiger partial charge in [0.05, 0.1) is 0 Å². The molecule has 19 heavy (non-hydrogen) atoms. The van der Waals surface area contributed by atoms with Crippen LogP contribution in [0.1, 0.15) is 44.1 Å². The molecule has 0 unspecified atom stereocenters. The van der Waals surface area contributed by atoms with Crippen LogP contribution in [0.5, 0.6) is 0 Å². The van der Waals surface area contributed by atoms with Crippen molar-refractivity contribution in [2.45, 2.75) is 38.5 Å². The quantitative estimate of drug-likeness (QED) is 0.718. The monoisotopic (exact) mass is 252 g/mol. The van der Waals surface area contributed by atoms with Gasteiger partial charge in [-0.25, -0.2) is 0 Å². The molecule has 2 aliphatic rings. The minimum absolute atomic E-state index is 0.263. The van der Waals surface area contributed by atoms with Crippen LogP contribution in [0.2, 0.25) is 0 Å². The van der Waals surface area contributed by atoms with Crippen molar-refractivity contribution >= 4 is 11.9 Å². The molecule has 0 heterocycles. The van der Waals surface area contributed by atoms with Crippen LogP contribution in [0.3, 0.4) is 0 Å². The van der Waals surface area contributed by atoms with Gasteiger partial charge in [-0.15, -0.1) is 0 Å². The van der Waals surface area contributed by atoms with E-state index >= 15 is 0 Å². The van der Waals surface area contributed by atoms with Crippen molar-refractivity contribution in [3.05, 3.63) is 53.6 Å². The summed E-state index contributed by atoms with van der Waals surface area (Å²) in [5.41, 5.74) is 4.45. The zero-order chi connectivity index (χ0) is 13.1. The number of hydrogen-bond donors (Lipinski definition) is 0. The maximum Gasteiger partial charge on any atom is 0.120 e.